The van der Waals surface area contributed by atoms with Gasteiger partial charge < -0.3 is 10.6 Å². The zero-order valence-corrected chi connectivity index (χ0v) is 15.3. The van der Waals surface area contributed by atoms with E-state index in [0.717, 1.165) is 32.5 Å². The molecular weight excluding hydrogens is 422 g/mol. The molecule has 0 amide bonds. The van der Waals surface area contributed by atoms with Crippen molar-refractivity contribution in [3.63, 3.8) is 0 Å². The number of nitrogens with one attached hydrogen (secondary N) is 1. The van der Waals surface area contributed by atoms with Gasteiger partial charge in [-0.1, -0.05) is 0 Å². The molecule has 5 nitrogen and oxygen atoms in total. The number of piperidine rings is 3. The highest BCUT2D eigenvalue weighted by atomic mass is 79.9. The first-order valence-electron chi connectivity index (χ1n) is 6.86. The number of anilines is 1. The van der Waals surface area contributed by atoms with Crippen molar-refractivity contribution in [3.8, 4) is 0 Å². The van der Waals surface area contributed by atoms with Gasteiger partial charge in [0.15, 0.2) is 0 Å². The number of halogens is 2. The van der Waals surface area contributed by atoms with E-state index in [9.17, 15) is 8.42 Å². The van der Waals surface area contributed by atoms with Gasteiger partial charge in [0.1, 0.15) is 4.90 Å². The first-order valence-corrected chi connectivity index (χ1v) is 9.93. The minimum atomic E-state index is -3.59. The van der Waals surface area contributed by atoms with Gasteiger partial charge in [0, 0.05) is 27.2 Å². The standard InChI is InChI=1S/C13H17Br2N3O2S/c14-10-5-9(16)6-11(15)13(10)21(19,20)17-12-7-18-3-1-8(12)2-4-18/h5-6,8,12,17H,1-4,7,16H2. The van der Waals surface area contributed by atoms with Crippen LogP contribution in [0.15, 0.2) is 26.0 Å². The molecule has 3 heterocycles. The first-order chi connectivity index (χ1) is 9.87. The summed E-state index contributed by atoms with van der Waals surface area (Å²) in [6.07, 6.45) is 2.13. The summed E-state index contributed by atoms with van der Waals surface area (Å²) >= 11 is 6.60. The summed E-state index contributed by atoms with van der Waals surface area (Å²) in [4.78, 5) is 2.54. The molecule has 1 unspecified atom stereocenters. The van der Waals surface area contributed by atoms with E-state index in [-0.39, 0.29) is 10.9 Å². The molecule has 0 aliphatic carbocycles. The van der Waals surface area contributed by atoms with Crippen LogP contribution in [-0.2, 0) is 10.0 Å². The Morgan fingerprint density at radius 1 is 1.19 bits per heavy atom. The van der Waals surface area contributed by atoms with Gasteiger partial charge in [-0.2, -0.15) is 0 Å². The average molecular weight is 439 g/mol. The molecule has 4 rings (SSSR count). The highest BCUT2D eigenvalue weighted by Gasteiger charge is 2.37. The van der Waals surface area contributed by atoms with E-state index in [1.54, 1.807) is 12.1 Å². The SMILES string of the molecule is Nc1cc(Br)c(S(=O)(=O)NC2CN3CCC2CC3)c(Br)c1. The summed E-state index contributed by atoms with van der Waals surface area (Å²) in [6.45, 7) is 2.96. The van der Waals surface area contributed by atoms with Crippen LogP contribution >= 0.6 is 31.9 Å². The molecule has 1 aromatic rings. The summed E-state index contributed by atoms with van der Waals surface area (Å²) in [5.74, 6) is 0.441. The van der Waals surface area contributed by atoms with Crippen LogP contribution in [0, 0.1) is 5.92 Å². The van der Waals surface area contributed by atoms with Crippen LogP contribution in [0.1, 0.15) is 12.8 Å². The van der Waals surface area contributed by atoms with Crippen molar-refractivity contribution in [2.45, 2.75) is 23.8 Å². The lowest BCUT2D eigenvalue weighted by Gasteiger charge is -2.44. The van der Waals surface area contributed by atoms with Crippen molar-refractivity contribution in [2.75, 3.05) is 25.4 Å². The fraction of sp³-hybridized carbons (Fsp3) is 0.538. The maximum absolute atomic E-state index is 12.7. The van der Waals surface area contributed by atoms with Gasteiger partial charge in [0.2, 0.25) is 10.0 Å². The van der Waals surface area contributed by atoms with E-state index in [1.165, 1.54) is 0 Å². The summed E-state index contributed by atoms with van der Waals surface area (Å²) in [5.41, 5.74) is 6.23. The molecule has 0 spiro atoms. The van der Waals surface area contributed by atoms with Crippen LogP contribution in [0.3, 0.4) is 0 Å². The van der Waals surface area contributed by atoms with E-state index in [0.29, 0.717) is 20.6 Å². The predicted molar refractivity (Wildman–Crippen MR) is 89.5 cm³/mol. The molecule has 2 bridgehead atoms. The van der Waals surface area contributed by atoms with Crippen LogP contribution in [0.4, 0.5) is 5.69 Å². The number of fused-ring (bicyclic) bond motifs is 3. The molecule has 3 fully saturated rings. The molecule has 3 N–H and O–H groups in total. The molecule has 3 aliphatic heterocycles. The molecule has 21 heavy (non-hydrogen) atoms. The fourth-order valence-corrected chi connectivity index (χ4v) is 7.11. The maximum atomic E-state index is 12.7. The van der Waals surface area contributed by atoms with Crippen LogP contribution in [0.2, 0.25) is 0 Å². The summed E-state index contributed by atoms with van der Waals surface area (Å²) in [7, 11) is -3.59. The maximum Gasteiger partial charge on any atom is 0.243 e. The van der Waals surface area contributed by atoms with Crippen molar-refractivity contribution < 1.29 is 8.42 Å². The van der Waals surface area contributed by atoms with Gasteiger partial charge in [-0.3, -0.25) is 0 Å². The lowest BCUT2D eigenvalue weighted by molar-refractivity contribution is 0.0827. The second-order valence-electron chi connectivity index (χ2n) is 5.68. The molecule has 0 radical (unpaired) electrons. The van der Waals surface area contributed by atoms with Gasteiger partial charge in [0.05, 0.1) is 0 Å². The summed E-state index contributed by atoms with van der Waals surface area (Å²) < 4.78 is 29.2. The molecule has 3 aliphatic rings. The lowest BCUT2D eigenvalue weighted by Crippen LogP contribution is -2.57. The molecule has 116 valence electrons. The smallest absolute Gasteiger partial charge is 0.243 e. The Labute approximate surface area is 141 Å². The van der Waals surface area contributed by atoms with Gasteiger partial charge >= 0.3 is 0 Å². The number of sulfonamides is 1. The second-order valence-corrected chi connectivity index (χ2v) is 9.04. The Kier molecular flexibility index (Phi) is 4.35. The van der Waals surface area contributed by atoms with E-state index in [4.69, 9.17) is 5.73 Å². The van der Waals surface area contributed by atoms with Gasteiger partial charge in [-0.25, -0.2) is 13.1 Å². The van der Waals surface area contributed by atoms with E-state index in [1.807, 2.05) is 0 Å². The van der Waals surface area contributed by atoms with Crippen LogP contribution in [-0.4, -0.2) is 39.0 Å². The fourth-order valence-electron chi connectivity index (χ4n) is 3.19. The zero-order valence-electron chi connectivity index (χ0n) is 11.4. The van der Waals surface area contributed by atoms with Crippen LogP contribution in [0.5, 0.6) is 0 Å². The molecule has 0 saturated carbocycles. The minimum Gasteiger partial charge on any atom is -0.399 e. The van der Waals surface area contributed by atoms with Crippen molar-refractivity contribution in [1.82, 2.24) is 9.62 Å². The number of nitrogen functional groups attached to an aromatic ring is 1. The number of hydrogen-bond acceptors (Lipinski definition) is 4. The van der Waals surface area contributed by atoms with Crippen molar-refractivity contribution in [2.24, 2.45) is 5.92 Å². The second kappa shape index (κ2) is 5.81. The normalized spacial score (nSPS) is 28.8. The molecular formula is C13H17Br2N3O2S. The summed E-state index contributed by atoms with van der Waals surface area (Å²) in [6, 6.07) is 3.21. The monoisotopic (exact) mass is 437 g/mol. The average Bonchev–Trinajstić information content (AvgIpc) is 2.37. The third kappa shape index (κ3) is 3.14. The van der Waals surface area contributed by atoms with E-state index < -0.39 is 10.0 Å². The number of nitrogens with two attached hydrogens (primary N) is 1. The Hall–Kier alpha value is -0.150. The molecule has 8 heteroatoms. The quantitative estimate of drug-likeness (QED) is 0.709. The lowest BCUT2D eigenvalue weighted by atomic mass is 9.85. The van der Waals surface area contributed by atoms with Gasteiger partial charge in [0.25, 0.3) is 0 Å². The van der Waals surface area contributed by atoms with Crippen molar-refractivity contribution in [3.05, 3.63) is 21.1 Å². The molecule has 3 saturated heterocycles. The number of nitrogens with zero attached hydrogens (tertiary/aromatic N) is 1. The third-order valence-electron chi connectivity index (χ3n) is 4.25. The Bertz CT molecular complexity index is 634. The summed E-state index contributed by atoms with van der Waals surface area (Å²) in [5, 5.41) is 0. The van der Waals surface area contributed by atoms with Gasteiger partial charge in [-0.05, 0) is 75.8 Å². The topological polar surface area (TPSA) is 75.4 Å². The zero-order chi connectivity index (χ0) is 15.2. The Morgan fingerprint density at radius 2 is 1.76 bits per heavy atom. The van der Waals surface area contributed by atoms with E-state index in [2.05, 4.69) is 41.5 Å². The Balaban J connectivity index is 1.88. The molecule has 1 atom stereocenters. The number of rotatable bonds is 3. The first kappa shape index (κ1) is 15.7. The van der Waals surface area contributed by atoms with E-state index >= 15 is 0 Å². The Morgan fingerprint density at radius 3 is 2.24 bits per heavy atom. The van der Waals surface area contributed by atoms with Gasteiger partial charge in [-0.15, -0.1) is 0 Å². The van der Waals surface area contributed by atoms with Crippen LogP contribution in [0.25, 0.3) is 0 Å². The minimum absolute atomic E-state index is 0.00569. The van der Waals surface area contributed by atoms with Crippen molar-refractivity contribution in [1.29, 1.82) is 0 Å². The molecule has 0 aromatic heterocycles. The van der Waals surface area contributed by atoms with Crippen molar-refractivity contribution >= 4 is 47.6 Å². The largest absolute Gasteiger partial charge is 0.399 e. The third-order valence-corrected chi connectivity index (χ3v) is 7.62. The number of hydrogen-bond donors (Lipinski definition) is 2. The van der Waals surface area contributed by atoms with Crippen LogP contribution < -0.4 is 10.5 Å². The highest BCUT2D eigenvalue weighted by molar-refractivity contribution is 9.11. The molecule has 1 aromatic carbocycles. The highest BCUT2D eigenvalue weighted by Crippen LogP contribution is 2.34. The number of benzene rings is 1. The predicted octanol–water partition coefficient (Wildman–Crippen LogP) is 2.17.